The number of hydrogen-bond acceptors (Lipinski definition) is 8. The number of benzene rings is 1. The molecule has 3 rings (SSSR count). The fourth-order valence-electron chi connectivity index (χ4n) is 3.09. The number of ether oxygens (including phenoxy) is 2. The van der Waals surface area contributed by atoms with Crippen LogP contribution in [0.4, 0.5) is 17.6 Å². The number of aromatic nitrogens is 3. The molecule has 0 saturated heterocycles. The highest BCUT2D eigenvalue weighted by Crippen LogP contribution is 2.35. The summed E-state index contributed by atoms with van der Waals surface area (Å²) in [6.07, 6.45) is -3.79. The molecule has 3 aromatic rings. The van der Waals surface area contributed by atoms with Gasteiger partial charge in [-0.1, -0.05) is 0 Å². The minimum atomic E-state index is -5.16. The summed E-state index contributed by atoms with van der Waals surface area (Å²) in [6.45, 7) is 0.198. The molecule has 2 heterocycles. The van der Waals surface area contributed by atoms with Crippen LogP contribution in [0.5, 0.6) is 17.2 Å². The number of alkyl halides is 3. The van der Waals surface area contributed by atoms with Crippen molar-refractivity contribution in [2.45, 2.75) is 19.6 Å². The summed E-state index contributed by atoms with van der Waals surface area (Å²) >= 11 is 0. The lowest BCUT2D eigenvalue weighted by molar-refractivity contribution is -0.614. The van der Waals surface area contributed by atoms with Crippen LogP contribution in [-0.2, 0) is 12.7 Å². The number of rotatable bonds is 7. The van der Waals surface area contributed by atoms with E-state index in [9.17, 15) is 32.8 Å². The molecule has 186 valence electrons. The van der Waals surface area contributed by atoms with Gasteiger partial charge >= 0.3 is 6.18 Å². The molecule has 0 aliphatic carbocycles. The molecule has 0 aliphatic heterocycles. The van der Waals surface area contributed by atoms with Gasteiger partial charge in [-0.25, -0.2) is 9.37 Å². The van der Waals surface area contributed by atoms with E-state index in [4.69, 9.17) is 19.8 Å². The number of nitriles is 2. The molecule has 0 bridgehead atoms. The second kappa shape index (κ2) is 10.3. The molecule has 0 aliphatic rings. The van der Waals surface area contributed by atoms with Crippen molar-refractivity contribution in [1.29, 1.82) is 10.5 Å². The fourth-order valence-corrected chi connectivity index (χ4v) is 3.09. The molecule has 36 heavy (non-hydrogen) atoms. The predicted molar refractivity (Wildman–Crippen MR) is 111 cm³/mol. The minimum Gasteiger partial charge on any atom is -0.618 e. The van der Waals surface area contributed by atoms with Crippen LogP contribution in [0.3, 0.4) is 0 Å². The van der Waals surface area contributed by atoms with Gasteiger partial charge in [-0.15, -0.1) is 0 Å². The van der Waals surface area contributed by atoms with Gasteiger partial charge in [-0.05, 0) is 24.6 Å². The highest BCUT2D eigenvalue weighted by molar-refractivity contribution is 5.45. The van der Waals surface area contributed by atoms with E-state index >= 15 is 0 Å². The molecular formula is C22H15F4N5O5. The van der Waals surface area contributed by atoms with E-state index < -0.39 is 53.5 Å². The van der Waals surface area contributed by atoms with E-state index in [0.717, 1.165) is 24.4 Å². The van der Waals surface area contributed by atoms with Crippen LogP contribution in [0.15, 0.2) is 35.5 Å². The molecule has 14 heteroatoms. The number of aliphatic hydroxyl groups excluding tert-OH is 1. The monoisotopic (exact) mass is 505 g/mol. The number of pyridine rings is 1. The third kappa shape index (κ3) is 5.34. The zero-order chi connectivity index (χ0) is 26.6. The van der Waals surface area contributed by atoms with Crippen LogP contribution < -0.4 is 19.8 Å². The van der Waals surface area contributed by atoms with E-state index in [1.165, 1.54) is 13.0 Å². The molecule has 0 unspecified atom stereocenters. The van der Waals surface area contributed by atoms with Crippen LogP contribution in [0, 0.1) is 40.6 Å². The largest absolute Gasteiger partial charge is 0.618 e. The Morgan fingerprint density at radius 2 is 1.89 bits per heavy atom. The maximum Gasteiger partial charge on any atom is 0.437 e. The first-order valence-corrected chi connectivity index (χ1v) is 9.94. The first-order valence-electron chi connectivity index (χ1n) is 9.94. The number of hydrogen-bond donors (Lipinski definition) is 1. The van der Waals surface area contributed by atoms with Crippen molar-refractivity contribution in [2.24, 2.45) is 0 Å². The van der Waals surface area contributed by atoms with E-state index in [2.05, 4.69) is 4.98 Å². The Morgan fingerprint density at radius 3 is 2.50 bits per heavy atom. The normalized spacial score (nSPS) is 11.0. The second-order valence-electron chi connectivity index (χ2n) is 7.24. The van der Waals surface area contributed by atoms with Crippen LogP contribution in [0.1, 0.15) is 28.1 Å². The van der Waals surface area contributed by atoms with Crippen LogP contribution >= 0.6 is 0 Å². The predicted octanol–water partition coefficient (Wildman–Crippen LogP) is 2.30. The van der Waals surface area contributed by atoms with E-state index in [0.29, 0.717) is 10.9 Å². The van der Waals surface area contributed by atoms with Gasteiger partial charge in [0.1, 0.15) is 30.9 Å². The van der Waals surface area contributed by atoms with E-state index in [-0.39, 0.29) is 33.9 Å². The van der Waals surface area contributed by atoms with Gasteiger partial charge in [0.15, 0.2) is 17.3 Å². The Balaban J connectivity index is 2.11. The first kappa shape index (κ1) is 25.9. The Bertz CT molecular complexity index is 1460. The maximum absolute atomic E-state index is 14.5. The van der Waals surface area contributed by atoms with Gasteiger partial charge < -0.3 is 19.8 Å². The van der Waals surface area contributed by atoms with Crippen LogP contribution in [0.25, 0.3) is 0 Å². The number of aliphatic hydroxyl groups is 1. The molecule has 0 spiro atoms. The molecule has 0 saturated carbocycles. The number of halogens is 4. The van der Waals surface area contributed by atoms with Crippen molar-refractivity contribution in [3.05, 3.63) is 80.2 Å². The lowest BCUT2D eigenvalue weighted by Crippen LogP contribution is -2.36. The molecule has 0 atom stereocenters. The smallest absolute Gasteiger partial charge is 0.437 e. The molecule has 0 amide bonds. The highest BCUT2D eigenvalue weighted by Gasteiger charge is 2.39. The Hall–Kier alpha value is -4.69. The van der Waals surface area contributed by atoms with Crippen LogP contribution in [-0.4, -0.2) is 27.9 Å². The Morgan fingerprint density at radius 1 is 1.19 bits per heavy atom. The fraction of sp³-hybridized carbons (Fsp3) is 0.227. The number of nitrogens with zero attached hydrogens (tertiary/aromatic N) is 5. The van der Waals surface area contributed by atoms with Crippen molar-refractivity contribution >= 4 is 0 Å². The summed E-state index contributed by atoms with van der Waals surface area (Å²) in [7, 11) is 0. The topological polar surface area (TPSA) is 148 Å². The van der Waals surface area contributed by atoms with Crippen molar-refractivity contribution in [3.63, 3.8) is 0 Å². The van der Waals surface area contributed by atoms with Crippen LogP contribution in [0.2, 0.25) is 0 Å². The third-order valence-corrected chi connectivity index (χ3v) is 4.68. The summed E-state index contributed by atoms with van der Waals surface area (Å²) in [6, 6.07) is 6.49. The summed E-state index contributed by atoms with van der Waals surface area (Å²) < 4.78 is 66.2. The average molecular weight is 505 g/mol. The zero-order valence-electron chi connectivity index (χ0n) is 18.3. The molecule has 1 N–H and O–H groups in total. The molecule has 1 aromatic carbocycles. The van der Waals surface area contributed by atoms with Crippen molar-refractivity contribution in [1.82, 2.24) is 9.55 Å². The first-order chi connectivity index (χ1) is 17.0. The summed E-state index contributed by atoms with van der Waals surface area (Å²) in [5.74, 6) is -3.61. The summed E-state index contributed by atoms with van der Waals surface area (Å²) in [4.78, 5) is 16.2. The van der Waals surface area contributed by atoms with E-state index in [1.54, 1.807) is 6.07 Å². The Labute approximate surface area is 200 Å². The standard InChI is InChI=1S/C22H15F4N5O5/c1-12-4-14(8-28)18(23)16(5-12)36-19-20(22(24,25)26)29-11-30(21(19)33)9-15-6-13(7-27)17(10-31(15)34)35-3-2-32/h4-6,10-11,32H,2-3,9H2,1H3. The SMILES string of the molecule is Cc1cc(C#N)c(F)c(Oc2c(C(F)(F)F)ncn(Cc3cc(C#N)c(OCCO)c[n+]3[O-])c2=O)c1. The van der Waals surface area contributed by atoms with Gasteiger partial charge in [-0.3, -0.25) is 9.36 Å². The molecule has 0 radical (unpaired) electrons. The molecule has 2 aromatic heterocycles. The third-order valence-electron chi connectivity index (χ3n) is 4.68. The second-order valence-corrected chi connectivity index (χ2v) is 7.24. The molecular weight excluding hydrogens is 490 g/mol. The Kier molecular flexibility index (Phi) is 7.41. The zero-order valence-corrected chi connectivity index (χ0v) is 18.3. The van der Waals surface area contributed by atoms with E-state index in [1.807, 2.05) is 0 Å². The average Bonchev–Trinajstić information content (AvgIpc) is 2.82. The minimum absolute atomic E-state index is 0.138. The van der Waals surface area contributed by atoms with Crippen molar-refractivity contribution in [2.75, 3.05) is 13.2 Å². The highest BCUT2D eigenvalue weighted by atomic mass is 19.4. The molecule has 10 nitrogen and oxygen atoms in total. The van der Waals surface area contributed by atoms with Gasteiger partial charge in [0.05, 0.1) is 18.5 Å². The van der Waals surface area contributed by atoms with Crippen molar-refractivity contribution < 1.29 is 36.9 Å². The lowest BCUT2D eigenvalue weighted by Gasteiger charge is -2.15. The molecule has 0 fully saturated rings. The quantitative estimate of drug-likeness (QED) is 0.292. The van der Waals surface area contributed by atoms with Crippen molar-refractivity contribution in [3.8, 4) is 29.4 Å². The van der Waals surface area contributed by atoms with Gasteiger partial charge in [0.2, 0.25) is 23.4 Å². The maximum atomic E-state index is 14.5. The summed E-state index contributed by atoms with van der Waals surface area (Å²) in [5.41, 5.74) is -3.77. The van der Waals surface area contributed by atoms with Gasteiger partial charge in [0.25, 0.3) is 5.56 Å². The summed E-state index contributed by atoms with van der Waals surface area (Å²) in [5, 5.41) is 39.6. The lowest BCUT2D eigenvalue weighted by atomic mass is 10.1. The number of aryl methyl sites for hydroxylation is 1. The van der Waals surface area contributed by atoms with Gasteiger partial charge in [-0.2, -0.15) is 28.4 Å². The van der Waals surface area contributed by atoms with Gasteiger partial charge in [0, 0.05) is 6.07 Å².